The van der Waals surface area contributed by atoms with E-state index in [1.54, 1.807) is 13.8 Å². The molecular weight excluding hydrogens is 274 g/mol. The van der Waals surface area contributed by atoms with Crippen molar-refractivity contribution >= 4 is 5.97 Å². The predicted molar refractivity (Wildman–Crippen MR) is 76.5 cm³/mol. The molecule has 0 bridgehead atoms. The van der Waals surface area contributed by atoms with Gasteiger partial charge in [0.05, 0.1) is 18.8 Å². The van der Waals surface area contributed by atoms with Crippen LogP contribution in [0.25, 0.3) is 0 Å². The molecule has 2 saturated heterocycles. The topological polar surface area (TPSA) is 90.2 Å². The van der Waals surface area contributed by atoms with Gasteiger partial charge in [0, 0.05) is 18.5 Å². The average Bonchev–Trinajstić information content (AvgIpc) is 2.98. The fraction of sp³-hybridized carbons (Fsp3) is 0.933. The molecule has 0 saturated carbocycles. The van der Waals surface area contributed by atoms with Crippen LogP contribution in [0, 0.1) is 11.8 Å². The summed E-state index contributed by atoms with van der Waals surface area (Å²) < 4.78 is 5.28. The van der Waals surface area contributed by atoms with Crippen molar-refractivity contribution in [1.29, 1.82) is 0 Å². The van der Waals surface area contributed by atoms with Crippen LogP contribution < -0.4 is 0 Å². The summed E-state index contributed by atoms with van der Waals surface area (Å²) >= 11 is 0. The highest BCUT2D eigenvalue weighted by molar-refractivity contribution is 5.80. The Labute approximate surface area is 125 Å². The van der Waals surface area contributed by atoms with Crippen molar-refractivity contribution in [3.8, 4) is 0 Å². The minimum Gasteiger partial charge on any atom is -0.463 e. The highest BCUT2D eigenvalue weighted by Gasteiger charge is 2.47. The first-order valence-electron chi connectivity index (χ1n) is 7.78. The molecule has 2 heterocycles. The molecule has 2 rings (SSSR count). The number of ether oxygens (including phenoxy) is 1. The fourth-order valence-corrected chi connectivity index (χ4v) is 3.61. The van der Waals surface area contributed by atoms with Gasteiger partial charge in [0.1, 0.15) is 0 Å². The third-order valence-electron chi connectivity index (χ3n) is 5.07. The third kappa shape index (κ3) is 2.95. The van der Waals surface area contributed by atoms with Crippen molar-refractivity contribution in [2.75, 3.05) is 19.7 Å². The molecule has 3 N–H and O–H groups in total. The second-order valence-electron chi connectivity index (χ2n) is 6.69. The Morgan fingerprint density at radius 1 is 1.33 bits per heavy atom. The molecular formula is C15H27NO5. The van der Waals surface area contributed by atoms with Crippen LogP contribution in [0.3, 0.4) is 0 Å². The first-order valence-corrected chi connectivity index (χ1v) is 7.78. The van der Waals surface area contributed by atoms with Gasteiger partial charge in [0.15, 0.2) is 5.60 Å². The number of hydrogen-bond acceptors (Lipinski definition) is 6. The Bertz CT molecular complexity index is 376. The lowest BCUT2D eigenvalue weighted by Crippen LogP contribution is -2.53. The Morgan fingerprint density at radius 2 is 1.95 bits per heavy atom. The van der Waals surface area contributed by atoms with E-state index in [9.17, 15) is 20.1 Å². The standard InChI is InChI=1S/C15H27NO5/c1-9(2)15(20,10(3)17)14(19)21-8-11-4-6-16-7-5-12(18)13(11)16/h9-13,17-18,20H,4-8H2,1-3H3/t10-,11?,12+,13?,15+/m0/s1. The van der Waals surface area contributed by atoms with E-state index in [4.69, 9.17) is 4.74 Å². The number of esters is 1. The summed E-state index contributed by atoms with van der Waals surface area (Å²) in [6.45, 7) is 6.71. The van der Waals surface area contributed by atoms with Gasteiger partial charge >= 0.3 is 5.97 Å². The molecule has 0 amide bonds. The fourth-order valence-electron chi connectivity index (χ4n) is 3.61. The second kappa shape index (κ2) is 6.20. The monoisotopic (exact) mass is 301 g/mol. The van der Waals surface area contributed by atoms with Crippen LogP contribution in [-0.2, 0) is 9.53 Å². The zero-order valence-electron chi connectivity index (χ0n) is 13.0. The minimum absolute atomic E-state index is 0.0523. The van der Waals surface area contributed by atoms with E-state index in [2.05, 4.69) is 4.90 Å². The average molecular weight is 301 g/mol. The molecule has 0 aliphatic carbocycles. The van der Waals surface area contributed by atoms with Crippen molar-refractivity contribution in [3.63, 3.8) is 0 Å². The van der Waals surface area contributed by atoms with Crippen molar-refractivity contribution in [1.82, 2.24) is 4.90 Å². The normalized spacial score (nSPS) is 33.8. The molecule has 0 radical (unpaired) electrons. The lowest BCUT2D eigenvalue weighted by atomic mass is 9.85. The quantitative estimate of drug-likeness (QED) is 0.607. The van der Waals surface area contributed by atoms with Gasteiger partial charge in [-0.2, -0.15) is 0 Å². The number of aliphatic hydroxyl groups is 3. The summed E-state index contributed by atoms with van der Waals surface area (Å²) in [5.41, 5.74) is -1.88. The van der Waals surface area contributed by atoms with Crippen LogP contribution >= 0.6 is 0 Å². The van der Waals surface area contributed by atoms with Crippen molar-refractivity contribution in [3.05, 3.63) is 0 Å². The van der Waals surface area contributed by atoms with Gasteiger partial charge < -0.3 is 20.1 Å². The molecule has 2 aliphatic heterocycles. The van der Waals surface area contributed by atoms with Gasteiger partial charge in [-0.3, -0.25) is 4.90 Å². The SMILES string of the molecule is CC(C)[C@](O)(C(=O)OCC1CCN2CC[C@@H](O)C12)[C@H](C)O. The van der Waals surface area contributed by atoms with E-state index in [1.165, 1.54) is 6.92 Å². The first-order chi connectivity index (χ1) is 9.78. The molecule has 0 aromatic heterocycles. The number of aliphatic hydroxyl groups excluding tert-OH is 2. The van der Waals surface area contributed by atoms with E-state index in [0.717, 1.165) is 25.9 Å². The van der Waals surface area contributed by atoms with E-state index in [0.29, 0.717) is 0 Å². The number of carbonyl (C=O) groups excluding carboxylic acids is 1. The summed E-state index contributed by atoms with van der Waals surface area (Å²) in [7, 11) is 0. The van der Waals surface area contributed by atoms with E-state index < -0.39 is 23.6 Å². The Kier molecular flexibility index (Phi) is 4.92. The number of hydrogen-bond donors (Lipinski definition) is 3. The zero-order chi connectivity index (χ0) is 15.8. The van der Waals surface area contributed by atoms with Gasteiger partial charge in [0.25, 0.3) is 0 Å². The zero-order valence-corrected chi connectivity index (χ0v) is 13.0. The highest BCUT2D eigenvalue weighted by atomic mass is 16.6. The highest BCUT2D eigenvalue weighted by Crippen LogP contribution is 2.33. The number of rotatable bonds is 5. The van der Waals surface area contributed by atoms with E-state index in [-0.39, 0.29) is 24.7 Å². The number of fused-ring (bicyclic) bond motifs is 1. The maximum atomic E-state index is 12.2. The van der Waals surface area contributed by atoms with E-state index in [1.807, 2.05) is 0 Å². The second-order valence-corrected chi connectivity index (χ2v) is 6.69. The first kappa shape index (κ1) is 16.7. The molecule has 2 unspecified atom stereocenters. The van der Waals surface area contributed by atoms with Crippen LogP contribution in [-0.4, -0.2) is 69.7 Å². The number of nitrogens with zero attached hydrogens (tertiary/aromatic N) is 1. The van der Waals surface area contributed by atoms with Gasteiger partial charge in [0.2, 0.25) is 0 Å². The Balaban J connectivity index is 1.95. The lowest BCUT2D eigenvalue weighted by Gasteiger charge is -2.33. The molecule has 2 fully saturated rings. The molecule has 21 heavy (non-hydrogen) atoms. The van der Waals surface area contributed by atoms with Crippen LogP contribution in [0.15, 0.2) is 0 Å². The molecule has 0 aromatic rings. The summed E-state index contributed by atoms with van der Waals surface area (Å²) in [6, 6.07) is 0.0523. The molecule has 5 atom stereocenters. The molecule has 122 valence electrons. The molecule has 6 heteroatoms. The minimum atomic E-state index is -1.88. The summed E-state index contributed by atoms with van der Waals surface area (Å²) in [5, 5.41) is 30.1. The van der Waals surface area contributed by atoms with Gasteiger partial charge in [-0.1, -0.05) is 13.8 Å². The Hall–Kier alpha value is -0.690. The van der Waals surface area contributed by atoms with Crippen LogP contribution in [0.1, 0.15) is 33.6 Å². The van der Waals surface area contributed by atoms with Crippen LogP contribution in [0.5, 0.6) is 0 Å². The summed E-state index contributed by atoms with van der Waals surface area (Å²) in [4.78, 5) is 14.4. The molecule has 0 aromatic carbocycles. The summed E-state index contributed by atoms with van der Waals surface area (Å²) in [6.07, 6.45) is 0.0850. The van der Waals surface area contributed by atoms with Crippen molar-refractivity contribution < 1.29 is 24.9 Å². The maximum absolute atomic E-state index is 12.2. The molecule has 0 spiro atoms. The lowest BCUT2D eigenvalue weighted by molar-refractivity contribution is -0.186. The van der Waals surface area contributed by atoms with Gasteiger partial charge in [-0.15, -0.1) is 0 Å². The van der Waals surface area contributed by atoms with E-state index >= 15 is 0 Å². The van der Waals surface area contributed by atoms with Crippen LogP contribution in [0.2, 0.25) is 0 Å². The predicted octanol–water partition coefficient (Wildman–Crippen LogP) is -0.247. The van der Waals surface area contributed by atoms with Gasteiger partial charge in [-0.05, 0) is 32.2 Å². The Morgan fingerprint density at radius 3 is 2.52 bits per heavy atom. The van der Waals surface area contributed by atoms with Crippen molar-refractivity contribution in [2.24, 2.45) is 11.8 Å². The smallest absolute Gasteiger partial charge is 0.341 e. The van der Waals surface area contributed by atoms with Crippen molar-refractivity contribution in [2.45, 2.75) is 57.5 Å². The number of carbonyl (C=O) groups is 1. The summed E-state index contributed by atoms with van der Waals surface area (Å²) in [5.74, 6) is -1.13. The largest absolute Gasteiger partial charge is 0.463 e. The molecule has 2 aliphatic rings. The van der Waals surface area contributed by atoms with Crippen LogP contribution in [0.4, 0.5) is 0 Å². The van der Waals surface area contributed by atoms with Gasteiger partial charge in [-0.25, -0.2) is 4.79 Å². The molecule has 6 nitrogen and oxygen atoms in total. The maximum Gasteiger partial charge on any atom is 0.341 e. The third-order valence-corrected chi connectivity index (χ3v) is 5.07.